The fourth-order valence-electron chi connectivity index (χ4n) is 4.34. The minimum atomic E-state index is -3.79. The number of anilines is 1. The predicted octanol–water partition coefficient (Wildman–Crippen LogP) is 1.77. The number of cyclic esters (lactones) is 1. The van der Waals surface area contributed by atoms with Gasteiger partial charge in [0, 0.05) is 6.20 Å². The SMILES string of the molecule is Nc1ccn([C@@H]2O[C@H](CC3(c4ccccc4)CCCCOC3=O)[C@@H](O)C2(F)F)c(=O)n1. The number of aliphatic hydroxyl groups excluding tert-OH is 1. The normalized spacial score (nSPS) is 30.5. The van der Waals surface area contributed by atoms with Crippen molar-refractivity contribution in [2.24, 2.45) is 0 Å². The van der Waals surface area contributed by atoms with Crippen LogP contribution < -0.4 is 11.4 Å². The Morgan fingerprint density at radius 2 is 1.94 bits per heavy atom. The molecule has 31 heavy (non-hydrogen) atoms. The Balaban J connectivity index is 1.71. The van der Waals surface area contributed by atoms with Crippen LogP contribution in [-0.2, 0) is 19.7 Å². The first-order chi connectivity index (χ1) is 14.8. The number of halogens is 2. The zero-order chi connectivity index (χ0) is 22.2. The number of nitrogens with two attached hydrogens (primary N) is 1. The molecule has 3 heterocycles. The van der Waals surface area contributed by atoms with E-state index in [1.807, 2.05) is 0 Å². The largest absolute Gasteiger partial charge is 0.465 e. The summed E-state index contributed by atoms with van der Waals surface area (Å²) < 4.78 is 41.4. The minimum Gasteiger partial charge on any atom is -0.465 e. The number of carbonyl (C=O) groups excluding carboxylic acids is 1. The number of nitrogens with zero attached hydrogens (tertiary/aromatic N) is 2. The van der Waals surface area contributed by atoms with Crippen LogP contribution in [0.5, 0.6) is 0 Å². The van der Waals surface area contributed by atoms with Crippen LogP contribution in [0.4, 0.5) is 14.6 Å². The van der Waals surface area contributed by atoms with Crippen LogP contribution in [0.3, 0.4) is 0 Å². The summed E-state index contributed by atoms with van der Waals surface area (Å²) in [5.74, 6) is -4.45. The first-order valence-electron chi connectivity index (χ1n) is 10.0. The summed E-state index contributed by atoms with van der Waals surface area (Å²) in [7, 11) is 0. The first kappa shape index (κ1) is 21.4. The van der Waals surface area contributed by atoms with Crippen LogP contribution >= 0.6 is 0 Å². The van der Waals surface area contributed by atoms with Crippen LogP contribution in [0.2, 0.25) is 0 Å². The van der Waals surface area contributed by atoms with E-state index in [1.165, 1.54) is 6.07 Å². The summed E-state index contributed by atoms with van der Waals surface area (Å²) in [6.07, 6.45) is -3.26. The summed E-state index contributed by atoms with van der Waals surface area (Å²) in [5.41, 5.74) is 3.76. The highest BCUT2D eigenvalue weighted by Crippen LogP contribution is 2.47. The smallest absolute Gasteiger partial charge is 0.351 e. The highest BCUT2D eigenvalue weighted by atomic mass is 19.3. The van der Waals surface area contributed by atoms with Gasteiger partial charge in [-0.15, -0.1) is 0 Å². The molecule has 0 aliphatic carbocycles. The average Bonchev–Trinajstić information content (AvgIpc) is 2.86. The number of aliphatic hydroxyl groups is 1. The van der Waals surface area contributed by atoms with E-state index in [4.69, 9.17) is 15.2 Å². The lowest BCUT2D eigenvalue weighted by Crippen LogP contribution is -2.45. The molecule has 2 fully saturated rings. The van der Waals surface area contributed by atoms with Gasteiger partial charge in [0.1, 0.15) is 11.9 Å². The second-order valence-electron chi connectivity index (χ2n) is 7.93. The van der Waals surface area contributed by atoms with Crippen LogP contribution in [-0.4, -0.2) is 45.4 Å². The number of hydrogen-bond donors (Lipinski definition) is 2. The predicted molar refractivity (Wildman–Crippen MR) is 105 cm³/mol. The van der Waals surface area contributed by atoms with Gasteiger partial charge in [-0.25, -0.2) is 4.79 Å². The van der Waals surface area contributed by atoms with Crippen LogP contribution in [0.25, 0.3) is 0 Å². The molecule has 2 aliphatic heterocycles. The molecule has 3 N–H and O–H groups in total. The van der Waals surface area contributed by atoms with Gasteiger partial charge in [-0.1, -0.05) is 30.3 Å². The topological polar surface area (TPSA) is 117 Å². The Labute approximate surface area is 176 Å². The Morgan fingerprint density at radius 3 is 2.65 bits per heavy atom. The number of rotatable bonds is 4. The number of aromatic nitrogens is 2. The van der Waals surface area contributed by atoms with Crippen LogP contribution in [0, 0.1) is 0 Å². The Morgan fingerprint density at radius 1 is 1.19 bits per heavy atom. The standard InChI is InChI=1S/C21H23F2N3O5/c22-21(23)16(27)14(31-17(21)26-10-8-15(24)25-19(26)29)12-20(13-6-2-1-3-7-13)9-4-5-11-30-18(20)28/h1-3,6-8,10,14,16-17,27H,4-5,9,11-12H2,(H2,24,25,29)/t14-,16-,17-,20?/m1/s1. The maximum absolute atomic E-state index is 15.0. The quantitative estimate of drug-likeness (QED) is 0.703. The fourth-order valence-corrected chi connectivity index (χ4v) is 4.34. The molecule has 0 amide bonds. The third-order valence-corrected chi connectivity index (χ3v) is 5.98. The number of ether oxygens (including phenoxy) is 2. The van der Waals surface area contributed by atoms with Gasteiger partial charge in [-0.2, -0.15) is 13.8 Å². The maximum Gasteiger partial charge on any atom is 0.351 e. The number of esters is 1. The zero-order valence-corrected chi connectivity index (χ0v) is 16.6. The van der Waals surface area contributed by atoms with Crippen molar-refractivity contribution >= 4 is 11.8 Å². The number of benzene rings is 1. The van der Waals surface area contributed by atoms with E-state index < -0.39 is 41.4 Å². The van der Waals surface area contributed by atoms with Crippen LogP contribution in [0.15, 0.2) is 47.4 Å². The van der Waals surface area contributed by atoms with E-state index in [1.54, 1.807) is 30.3 Å². The molecule has 0 bridgehead atoms. The number of carbonyl (C=O) groups is 1. The molecule has 0 spiro atoms. The van der Waals surface area contributed by atoms with Crippen molar-refractivity contribution in [3.8, 4) is 0 Å². The van der Waals surface area contributed by atoms with E-state index in [0.717, 1.165) is 6.20 Å². The molecule has 4 atom stereocenters. The Kier molecular flexibility index (Phi) is 5.52. The van der Waals surface area contributed by atoms with E-state index in [-0.39, 0.29) is 18.8 Å². The molecule has 2 saturated heterocycles. The second-order valence-corrected chi connectivity index (χ2v) is 7.93. The molecule has 8 nitrogen and oxygen atoms in total. The van der Waals surface area contributed by atoms with Gasteiger partial charge in [0.05, 0.1) is 18.1 Å². The van der Waals surface area contributed by atoms with Gasteiger partial charge in [-0.05, 0) is 37.3 Å². The fraction of sp³-hybridized carbons (Fsp3) is 0.476. The van der Waals surface area contributed by atoms with Crippen molar-refractivity contribution in [2.45, 2.75) is 55.5 Å². The number of hydrogen-bond acceptors (Lipinski definition) is 7. The molecule has 2 aromatic rings. The van der Waals surface area contributed by atoms with E-state index >= 15 is 0 Å². The number of nitrogen functional groups attached to an aromatic ring is 1. The highest BCUT2D eigenvalue weighted by molar-refractivity contribution is 5.83. The van der Waals surface area contributed by atoms with Gasteiger partial charge < -0.3 is 20.3 Å². The van der Waals surface area contributed by atoms with Crippen molar-refractivity contribution in [3.05, 3.63) is 58.6 Å². The average molecular weight is 435 g/mol. The van der Waals surface area contributed by atoms with Gasteiger partial charge in [0.15, 0.2) is 0 Å². The summed E-state index contributed by atoms with van der Waals surface area (Å²) in [5, 5.41) is 10.5. The highest BCUT2D eigenvalue weighted by Gasteiger charge is 2.61. The molecule has 4 rings (SSSR count). The van der Waals surface area contributed by atoms with E-state index in [2.05, 4.69) is 4.98 Å². The summed E-state index contributed by atoms with van der Waals surface area (Å²) in [4.78, 5) is 28.6. The lowest BCUT2D eigenvalue weighted by Gasteiger charge is -2.33. The second kappa shape index (κ2) is 8.01. The van der Waals surface area contributed by atoms with Gasteiger partial charge in [0.25, 0.3) is 0 Å². The molecule has 166 valence electrons. The van der Waals surface area contributed by atoms with Crippen molar-refractivity contribution in [3.63, 3.8) is 0 Å². The molecule has 1 unspecified atom stereocenters. The monoisotopic (exact) mass is 435 g/mol. The molecular formula is C21H23F2N3O5. The summed E-state index contributed by atoms with van der Waals surface area (Å²) in [6, 6.07) is 9.94. The van der Waals surface area contributed by atoms with Crippen LogP contribution in [0.1, 0.15) is 37.5 Å². The molecule has 10 heteroatoms. The van der Waals surface area contributed by atoms with Gasteiger partial charge in [0.2, 0.25) is 6.23 Å². The van der Waals surface area contributed by atoms with Crippen molar-refractivity contribution in [1.29, 1.82) is 0 Å². The van der Waals surface area contributed by atoms with Gasteiger partial charge >= 0.3 is 17.6 Å². The zero-order valence-electron chi connectivity index (χ0n) is 16.6. The summed E-state index contributed by atoms with van der Waals surface area (Å²) >= 11 is 0. The summed E-state index contributed by atoms with van der Waals surface area (Å²) in [6.45, 7) is 0.243. The Bertz CT molecular complexity index is 1020. The van der Waals surface area contributed by atoms with Crippen molar-refractivity contribution < 1.29 is 28.2 Å². The Hall–Kier alpha value is -2.85. The molecule has 1 aromatic heterocycles. The number of alkyl halides is 2. The molecule has 1 aromatic carbocycles. The lowest BCUT2D eigenvalue weighted by atomic mass is 9.72. The van der Waals surface area contributed by atoms with Crippen molar-refractivity contribution in [1.82, 2.24) is 9.55 Å². The van der Waals surface area contributed by atoms with Gasteiger partial charge in [-0.3, -0.25) is 9.36 Å². The maximum atomic E-state index is 15.0. The third kappa shape index (κ3) is 3.70. The lowest BCUT2D eigenvalue weighted by molar-refractivity contribution is -0.152. The van der Waals surface area contributed by atoms with E-state index in [0.29, 0.717) is 29.4 Å². The minimum absolute atomic E-state index is 0.121. The van der Waals surface area contributed by atoms with E-state index in [9.17, 15) is 23.5 Å². The van der Waals surface area contributed by atoms with Crippen molar-refractivity contribution in [2.75, 3.05) is 12.3 Å². The molecule has 0 radical (unpaired) electrons. The molecular weight excluding hydrogens is 412 g/mol. The third-order valence-electron chi connectivity index (χ3n) is 5.98. The molecule has 0 saturated carbocycles. The molecule has 2 aliphatic rings. The first-order valence-corrected chi connectivity index (χ1v) is 10.0.